The van der Waals surface area contributed by atoms with E-state index in [1.54, 1.807) is 0 Å². The lowest BCUT2D eigenvalue weighted by molar-refractivity contribution is -0.870. The fourth-order valence-electron chi connectivity index (χ4n) is 7.39. The van der Waals surface area contributed by atoms with E-state index in [0.717, 1.165) is 83.5 Å². The lowest BCUT2D eigenvalue weighted by Crippen LogP contribution is -2.40. The number of unbranched alkanes of at least 4 members (excludes halogenated alkanes) is 24. The first-order chi connectivity index (χ1) is 32.1. The van der Waals surface area contributed by atoms with Gasteiger partial charge in [-0.3, -0.25) is 9.59 Å². The number of carbonyl (C=O) groups is 3. The van der Waals surface area contributed by atoms with Crippen LogP contribution in [-0.2, 0) is 33.3 Å². The Kier molecular flexibility index (Phi) is 46.2. The summed E-state index contributed by atoms with van der Waals surface area (Å²) in [5.41, 5.74) is 0. The van der Waals surface area contributed by atoms with E-state index in [1.165, 1.54) is 109 Å². The summed E-state index contributed by atoms with van der Waals surface area (Å²) in [7, 11) is 5.96. The van der Waals surface area contributed by atoms with Gasteiger partial charge in [0.05, 0.1) is 34.4 Å². The number of hydrogen-bond donors (Lipinski definition) is 1. The van der Waals surface area contributed by atoms with Gasteiger partial charge in [0, 0.05) is 12.8 Å². The van der Waals surface area contributed by atoms with Crippen LogP contribution in [0, 0.1) is 0 Å². The van der Waals surface area contributed by atoms with Gasteiger partial charge in [0.1, 0.15) is 13.2 Å². The van der Waals surface area contributed by atoms with Crippen molar-refractivity contribution in [3.8, 4) is 0 Å². The number of nitrogens with zero attached hydrogens (tertiary/aromatic N) is 1. The van der Waals surface area contributed by atoms with E-state index in [4.69, 9.17) is 18.9 Å². The number of carbonyl (C=O) groups excluding carboxylic acids is 2. The maximum absolute atomic E-state index is 12.8. The van der Waals surface area contributed by atoms with Gasteiger partial charge >= 0.3 is 17.9 Å². The number of esters is 2. The van der Waals surface area contributed by atoms with Gasteiger partial charge in [-0.15, -0.1) is 0 Å². The van der Waals surface area contributed by atoms with Crippen molar-refractivity contribution in [3.63, 3.8) is 0 Å². The van der Waals surface area contributed by atoms with Crippen molar-refractivity contribution < 1.29 is 42.9 Å². The lowest BCUT2D eigenvalue weighted by Gasteiger charge is -2.25. The van der Waals surface area contributed by atoms with Crippen LogP contribution >= 0.6 is 0 Å². The second-order valence-corrected chi connectivity index (χ2v) is 19.2. The summed E-state index contributed by atoms with van der Waals surface area (Å²) >= 11 is 0. The second-order valence-electron chi connectivity index (χ2n) is 19.2. The molecule has 0 spiro atoms. The highest BCUT2D eigenvalue weighted by atomic mass is 16.7. The maximum Gasteiger partial charge on any atom is 0.361 e. The van der Waals surface area contributed by atoms with Crippen LogP contribution in [0.15, 0.2) is 60.8 Å². The number of likely N-dealkylation sites (N-methyl/N-ethyl adjacent to an activating group) is 1. The third-order valence-corrected chi connectivity index (χ3v) is 11.5. The second kappa shape index (κ2) is 48.4. The van der Waals surface area contributed by atoms with Gasteiger partial charge in [0.25, 0.3) is 6.29 Å². The third kappa shape index (κ3) is 48.9. The molecule has 0 saturated heterocycles. The van der Waals surface area contributed by atoms with Crippen molar-refractivity contribution in [2.24, 2.45) is 0 Å². The predicted octanol–water partition coefficient (Wildman–Crippen LogP) is 15.3. The average Bonchev–Trinajstić information content (AvgIpc) is 3.28. The largest absolute Gasteiger partial charge is 0.477 e. The number of carboxylic acids is 1. The summed E-state index contributed by atoms with van der Waals surface area (Å²) in [4.78, 5) is 37.3. The van der Waals surface area contributed by atoms with Gasteiger partial charge in [-0.05, 0) is 57.8 Å². The van der Waals surface area contributed by atoms with Crippen molar-refractivity contribution in [2.75, 3.05) is 47.5 Å². The first kappa shape index (κ1) is 63.0. The molecule has 0 rings (SSSR count). The van der Waals surface area contributed by atoms with E-state index in [0.29, 0.717) is 23.9 Å². The number of hydrogen-bond acceptors (Lipinski definition) is 7. The Balaban J connectivity index is 4.34. The molecule has 0 radical (unpaired) electrons. The van der Waals surface area contributed by atoms with E-state index < -0.39 is 24.3 Å². The van der Waals surface area contributed by atoms with Crippen LogP contribution < -0.4 is 0 Å². The molecule has 0 amide bonds. The minimum Gasteiger partial charge on any atom is -0.477 e. The monoisotopic (exact) mass is 929 g/mol. The minimum absolute atomic E-state index is 0.182. The zero-order valence-electron chi connectivity index (χ0n) is 43.3. The summed E-state index contributed by atoms with van der Waals surface area (Å²) < 4.78 is 22.8. The Labute approximate surface area is 405 Å². The minimum atomic E-state index is -1.52. The molecular weight excluding hydrogens is 827 g/mol. The molecule has 9 heteroatoms. The van der Waals surface area contributed by atoms with Crippen molar-refractivity contribution in [1.29, 1.82) is 0 Å². The average molecular weight is 929 g/mol. The quantitative estimate of drug-likeness (QED) is 0.0211. The zero-order chi connectivity index (χ0) is 48.4. The zero-order valence-corrected chi connectivity index (χ0v) is 43.3. The van der Waals surface area contributed by atoms with E-state index in [2.05, 4.69) is 74.6 Å². The van der Waals surface area contributed by atoms with E-state index in [-0.39, 0.29) is 32.2 Å². The molecule has 0 aliphatic rings. The van der Waals surface area contributed by atoms with Crippen LogP contribution in [0.4, 0.5) is 0 Å². The van der Waals surface area contributed by atoms with Crippen molar-refractivity contribution >= 4 is 17.9 Å². The van der Waals surface area contributed by atoms with Crippen molar-refractivity contribution in [1.82, 2.24) is 0 Å². The molecule has 0 saturated carbocycles. The van der Waals surface area contributed by atoms with Gasteiger partial charge in [0.2, 0.25) is 0 Å². The Morgan fingerprint density at radius 3 is 1.29 bits per heavy atom. The summed E-state index contributed by atoms with van der Waals surface area (Å²) in [6.45, 7) is 4.76. The first-order valence-electron chi connectivity index (χ1n) is 27.0. The number of ether oxygens (including phenoxy) is 4. The molecular formula is C57H102NO8+. The molecule has 9 nitrogen and oxygen atoms in total. The fraction of sp³-hybridized carbons (Fsp3) is 0.772. The number of carboxylic acid groups (broad SMARTS) is 1. The molecule has 2 unspecified atom stereocenters. The summed E-state index contributed by atoms with van der Waals surface area (Å²) in [6.07, 6.45) is 57.1. The number of allylic oxidation sites excluding steroid dienone is 10. The molecule has 2 atom stereocenters. The molecule has 0 aliphatic heterocycles. The number of quaternary nitrogens is 1. The first-order valence-corrected chi connectivity index (χ1v) is 27.0. The Bertz CT molecular complexity index is 1270. The Hall–Kier alpha value is -3.01. The molecule has 0 aromatic heterocycles. The SMILES string of the molecule is CC/C=C\C/C=C\C/C=C\C/C=C\C/C=C\CCCCCCCC(=O)OC(COC(=O)CCCCCCCCCCCCCCCCCCCCCC)COC(OCC[N+](C)(C)C)C(=O)O. The third-order valence-electron chi connectivity index (χ3n) is 11.5. The summed E-state index contributed by atoms with van der Waals surface area (Å²) in [5.74, 6) is -2.03. The molecule has 1 N–H and O–H groups in total. The van der Waals surface area contributed by atoms with Crippen LogP contribution in [0.5, 0.6) is 0 Å². The van der Waals surface area contributed by atoms with Crippen LogP contribution in [-0.4, -0.2) is 87.4 Å². The van der Waals surface area contributed by atoms with Crippen LogP contribution in [0.3, 0.4) is 0 Å². The van der Waals surface area contributed by atoms with Crippen molar-refractivity contribution in [3.05, 3.63) is 60.8 Å². The smallest absolute Gasteiger partial charge is 0.361 e. The molecule has 0 aromatic rings. The molecule has 382 valence electrons. The van der Waals surface area contributed by atoms with Gasteiger partial charge in [-0.25, -0.2) is 4.79 Å². The lowest BCUT2D eigenvalue weighted by atomic mass is 10.0. The molecule has 0 aromatic carbocycles. The van der Waals surface area contributed by atoms with Crippen LogP contribution in [0.2, 0.25) is 0 Å². The highest BCUT2D eigenvalue weighted by Crippen LogP contribution is 2.16. The van der Waals surface area contributed by atoms with Crippen molar-refractivity contribution in [2.45, 2.75) is 238 Å². The number of aliphatic carboxylic acids is 1. The van der Waals surface area contributed by atoms with Gasteiger partial charge in [0.15, 0.2) is 6.10 Å². The van der Waals surface area contributed by atoms with Gasteiger partial charge < -0.3 is 28.5 Å². The normalized spacial score (nSPS) is 13.3. The Morgan fingerprint density at radius 2 is 0.864 bits per heavy atom. The number of rotatable bonds is 49. The highest BCUT2D eigenvalue weighted by Gasteiger charge is 2.25. The van der Waals surface area contributed by atoms with E-state index >= 15 is 0 Å². The molecule has 0 bridgehead atoms. The predicted molar refractivity (Wildman–Crippen MR) is 276 cm³/mol. The fourth-order valence-corrected chi connectivity index (χ4v) is 7.39. The van der Waals surface area contributed by atoms with Crippen LogP contribution in [0.25, 0.3) is 0 Å². The summed E-state index contributed by atoms with van der Waals surface area (Å²) in [6, 6.07) is 0. The molecule has 0 aliphatic carbocycles. The maximum atomic E-state index is 12.8. The Morgan fingerprint density at radius 1 is 0.470 bits per heavy atom. The topological polar surface area (TPSA) is 108 Å². The van der Waals surface area contributed by atoms with Crippen LogP contribution in [0.1, 0.15) is 226 Å². The van der Waals surface area contributed by atoms with Gasteiger partial charge in [-0.1, -0.05) is 216 Å². The summed E-state index contributed by atoms with van der Waals surface area (Å²) in [5, 5.41) is 9.68. The molecule has 0 heterocycles. The standard InChI is InChI=1S/C57H101NO8/c1-6-8-10-12-14-16-18-20-22-24-26-28-30-32-34-36-38-40-42-44-46-48-55(60)66-53(52-65-57(56(61)62)63-50-49-58(3,4)5)51-64-54(59)47-45-43-41-39-37-35-33-31-29-27-25-23-21-19-17-15-13-11-9-7-2/h8,10,14,16,20,22,26,28,32,34,53,57H,6-7,9,11-13,15,17-19,21,23-25,27,29-31,33,35-52H2,1-5H3/p+1/b10-8-,16-14-,22-20-,28-26-,34-32-. The highest BCUT2D eigenvalue weighted by molar-refractivity contribution is 5.71. The molecule has 66 heavy (non-hydrogen) atoms. The van der Waals surface area contributed by atoms with Gasteiger partial charge in [-0.2, -0.15) is 0 Å². The van der Waals surface area contributed by atoms with E-state index in [1.807, 2.05) is 21.1 Å². The molecule has 0 fully saturated rings. The van der Waals surface area contributed by atoms with E-state index in [9.17, 15) is 19.5 Å².